The van der Waals surface area contributed by atoms with Crippen molar-refractivity contribution in [3.05, 3.63) is 35.9 Å². The van der Waals surface area contributed by atoms with Gasteiger partial charge in [0.15, 0.2) is 0 Å². The Kier molecular flexibility index (Phi) is 3.97. The summed E-state index contributed by atoms with van der Waals surface area (Å²) in [5.74, 6) is 0.821. The van der Waals surface area contributed by atoms with E-state index in [1.54, 1.807) is 5.01 Å². The Labute approximate surface area is 108 Å². The standard InChI is InChI=1S/C14H19N3O/c1-3-4-10-17-14(18)11(2)15-13(16-17)12-8-6-5-7-9-12/h5-9,11H,3-4,10H2,1-2H3,(H,15,16). The van der Waals surface area contributed by atoms with Crippen LogP contribution in [0.3, 0.4) is 0 Å². The molecule has 1 amide bonds. The second-order valence-corrected chi connectivity index (χ2v) is 4.47. The molecule has 0 aliphatic carbocycles. The smallest absolute Gasteiger partial charge is 0.265 e. The molecule has 0 saturated heterocycles. The summed E-state index contributed by atoms with van der Waals surface area (Å²) in [5, 5.41) is 1.68. The van der Waals surface area contributed by atoms with Crippen molar-refractivity contribution in [1.82, 2.24) is 10.4 Å². The molecule has 1 N–H and O–H groups in total. The van der Waals surface area contributed by atoms with Crippen molar-refractivity contribution in [2.45, 2.75) is 32.7 Å². The van der Waals surface area contributed by atoms with E-state index in [1.165, 1.54) is 0 Å². The van der Waals surface area contributed by atoms with Crippen LogP contribution in [0.1, 0.15) is 32.3 Å². The number of carbonyl (C=O) groups is 1. The maximum atomic E-state index is 12.0. The highest BCUT2D eigenvalue weighted by Gasteiger charge is 2.26. The topological polar surface area (TPSA) is 44.7 Å². The number of rotatable bonds is 4. The number of carbonyl (C=O) groups excluding carboxylic acids is 1. The van der Waals surface area contributed by atoms with E-state index in [0.29, 0.717) is 0 Å². The summed E-state index contributed by atoms with van der Waals surface area (Å²) in [4.78, 5) is 16.4. The molecule has 1 heterocycles. The van der Waals surface area contributed by atoms with Gasteiger partial charge in [-0.1, -0.05) is 43.7 Å². The van der Waals surface area contributed by atoms with Crippen molar-refractivity contribution in [3.63, 3.8) is 0 Å². The van der Waals surface area contributed by atoms with Gasteiger partial charge in [0.05, 0.1) is 0 Å². The van der Waals surface area contributed by atoms with Gasteiger partial charge >= 0.3 is 0 Å². The van der Waals surface area contributed by atoms with Gasteiger partial charge in [-0.3, -0.25) is 20.2 Å². The van der Waals surface area contributed by atoms with Crippen molar-refractivity contribution in [2.75, 3.05) is 6.54 Å². The van der Waals surface area contributed by atoms with Crippen LogP contribution in [0.4, 0.5) is 0 Å². The van der Waals surface area contributed by atoms with Gasteiger partial charge in [-0.05, 0) is 13.3 Å². The second-order valence-electron chi connectivity index (χ2n) is 4.47. The summed E-state index contributed by atoms with van der Waals surface area (Å²) in [6, 6.07) is 9.58. The van der Waals surface area contributed by atoms with Crippen molar-refractivity contribution >= 4 is 11.7 Å². The van der Waals surface area contributed by atoms with E-state index in [-0.39, 0.29) is 11.9 Å². The number of hydrazine groups is 1. The Bertz CT molecular complexity index is 442. The molecule has 1 aliphatic heterocycles. The first kappa shape index (κ1) is 12.6. The Balaban J connectivity index is 2.17. The summed E-state index contributed by atoms with van der Waals surface area (Å²) in [6.07, 6.45) is 2.06. The molecule has 1 aliphatic rings. The molecule has 1 aromatic rings. The number of benzene rings is 1. The van der Waals surface area contributed by atoms with Crippen LogP contribution in [0.25, 0.3) is 0 Å². The van der Waals surface area contributed by atoms with Gasteiger partial charge in [-0.2, -0.15) is 0 Å². The highest BCUT2D eigenvalue weighted by atomic mass is 16.2. The monoisotopic (exact) mass is 245 g/mol. The molecule has 4 nitrogen and oxygen atoms in total. The van der Waals surface area contributed by atoms with Crippen LogP contribution in [0.15, 0.2) is 35.3 Å². The minimum atomic E-state index is -0.307. The zero-order valence-corrected chi connectivity index (χ0v) is 10.9. The van der Waals surface area contributed by atoms with Crippen LogP contribution in [0, 0.1) is 0 Å². The zero-order valence-electron chi connectivity index (χ0n) is 10.9. The molecule has 0 spiro atoms. The Hall–Kier alpha value is -1.84. The molecule has 1 unspecified atom stereocenters. The van der Waals surface area contributed by atoms with E-state index in [2.05, 4.69) is 17.3 Å². The number of hydrogen-bond acceptors (Lipinski definition) is 3. The SMILES string of the molecule is CCCCN1NC(c2ccccc2)=NC(C)C1=O. The number of hydrogen-bond donors (Lipinski definition) is 1. The fourth-order valence-electron chi connectivity index (χ4n) is 1.90. The Morgan fingerprint density at radius 3 is 2.72 bits per heavy atom. The third-order valence-corrected chi connectivity index (χ3v) is 2.97. The van der Waals surface area contributed by atoms with Crippen LogP contribution in [0.5, 0.6) is 0 Å². The van der Waals surface area contributed by atoms with Gasteiger partial charge in [0.2, 0.25) is 0 Å². The fraction of sp³-hybridized carbons (Fsp3) is 0.429. The molecule has 1 atom stereocenters. The lowest BCUT2D eigenvalue weighted by atomic mass is 10.2. The summed E-state index contributed by atoms with van der Waals surface area (Å²) in [6.45, 7) is 4.68. The van der Waals surface area contributed by atoms with Gasteiger partial charge in [0, 0.05) is 12.1 Å². The number of amides is 1. The summed E-state index contributed by atoms with van der Waals surface area (Å²) in [7, 11) is 0. The normalized spacial score (nSPS) is 19.4. The maximum absolute atomic E-state index is 12.0. The number of unbranched alkanes of at least 4 members (excludes halogenated alkanes) is 1. The Morgan fingerprint density at radius 2 is 2.06 bits per heavy atom. The van der Waals surface area contributed by atoms with Crippen molar-refractivity contribution in [2.24, 2.45) is 4.99 Å². The van der Waals surface area contributed by atoms with E-state index in [4.69, 9.17) is 0 Å². The van der Waals surface area contributed by atoms with Gasteiger partial charge < -0.3 is 0 Å². The summed E-state index contributed by atoms with van der Waals surface area (Å²) in [5.41, 5.74) is 4.13. The molecular formula is C14H19N3O. The molecule has 2 rings (SSSR count). The fourth-order valence-corrected chi connectivity index (χ4v) is 1.90. The number of aliphatic imine (C=N–C) groups is 1. The minimum absolute atomic E-state index is 0.0446. The molecule has 4 heteroatoms. The maximum Gasteiger partial charge on any atom is 0.265 e. The lowest BCUT2D eigenvalue weighted by Crippen LogP contribution is -2.54. The first-order valence-corrected chi connectivity index (χ1v) is 6.43. The van der Waals surface area contributed by atoms with Crippen LogP contribution >= 0.6 is 0 Å². The molecule has 1 aromatic carbocycles. The highest BCUT2D eigenvalue weighted by molar-refractivity contribution is 6.03. The third-order valence-electron chi connectivity index (χ3n) is 2.97. The predicted octanol–water partition coefficient (Wildman–Crippen LogP) is 1.97. The molecule has 0 saturated carbocycles. The number of amidine groups is 1. The highest BCUT2D eigenvalue weighted by Crippen LogP contribution is 2.10. The molecule has 96 valence electrons. The van der Waals surface area contributed by atoms with Crippen LogP contribution in [0.2, 0.25) is 0 Å². The third kappa shape index (κ3) is 2.70. The lowest BCUT2D eigenvalue weighted by Gasteiger charge is -2.31. The number of nitrogens with one attached hydrogen (secondary N) is 1. The largest absolute Gasteiger partial charge is 0.279 e. The van der Waals surface area contributed by atoms with Gasteiger partial charge in [-0.15, -0.1) is 0 Å². The molecule has 0 radical (unpaired) electrons. The van der Waals surface area contributed by atoms with Crippen LogP contribution in [-0.4, -0.2) is 29.3 Å². The van der Waals surface area contributed by atoms with Crippen molar-refractivity contribution in [1.29, 1.82) is 0 Å². The van der Waals surface area contributed by atoms with Crippen LogP contribution < -0.4 is 5.43 Å². The molecule has 18 heavy (non-hydrogen) atoms. The van der Waals surface area contributed by atoms with E-state index < -0.39 is 0 Å². The quantitative estimate of drug-likeness (QED) is 0.881. The van der Waals surface area contributed by atoms with Gasteiger partial charge in [0.1, 0.15) is 11.9 Å². The van der Waals surface area contributed by atoms with E-state index in [0.717, 1.165) is 30.8 Å². The molecule has 0 fully saturated rings. The zero-order chi connectivity index (χ0) is 13.0. The van der Waals surface area contributed by atoms with Crippen LogP contribution in [-0.2, 0) is 4.79 Å². The van der Waals surface area contributed by atoms with E-state index in [9.17, 15) is 4.79 Å². The van der Waals surface area contributed by atoms with Gasteiger partial charge in [0.25, 0.3) is 5.91 Å². The molecule has 0 bridgehead atoms. The molecular weight excluding hydrogens is 226 g/mol. The average Bonchev–Trinajstić information content (AvgIpc) is 2.41. The van der Waals surface area contributed by atoms with Crippen molar-refractivity contribution in [3.8, 4) is 0 Å². The minimum Gasteiger partial charge on any atom is -0.279 e. The lowest BCUT2D eigenvalue weighted by molar-refractivity contribution is -0.134. The second kappa shape index (κ2) is 5.67. The first-order chi connectivity index (χ1) is 8.72. The van der Waals surface area contributed by atoms with Crippen molar-refractivity contribution < 1.29 is 4.79 Å². The molecule has 0 aromatic heterocycles. The predicted molar refractivity (Wildman–Crippen MR) is 72.2 cm³/mol. The van der Waals surface area contributed by atoms with Gasteiger partial charge in [-0.25, -0.2) is 0 Å². The van der Waals surface area contributed by atoms with E-state index in [1.807, 2.05) is 37.3 Å². The summed E-state index contributed by atoms with van der Waals surface area (Å²) < 4.78 is 0. The van der Waals surface area contributed by atoms with E-state index >= 15 is 0 Å². The Morgan fingerprint density at radius 1 is 1.33 bits per heavy atom. The first-order valence-electron chi connectivity index (χ1n) is 6.43. The average molecular weight is 245 g/mol. The summed E-state index contributed by atoms with van der Waals surface area (Å²) >= 11 is 0. The number of nitrogens with zero attached hydrogens (tertiary/aromatic N) is 2.